The molecule has 0 amide bonds. The third-order valence-electron chi connectivity index (χ3n) is 7.23. The second-order valence-electron chi connectivity index (χ2n) is 9.88. The van der Waals surface area contributed by atoms with Crippen LogP contribution in [-0.2, 0) is 12.1 Å². The minimum absolute atomic E-state index is 0.00398. The highest BCUT2D eigenvalue weighted by molar-refractivity contribution is 9.10. The Kier molecular flexibility index (Phi) is 8.63. The van der Waals surface area contributed by atoms with Gasteiger partial charge in [0.05, 0.1) is 16.7 Å². The molecule has 2 heterocycles. The minimum atomic E-state index is -0.673. The van der Waals surface area contributed by atoms with Crippen LogP contribution in [0.1, 0.15) is 22.3 Å². The SMILES string of the molecule is O=c1[nH]c(Cl)nc2cc(Br)c(Cl)c(OCCNCc3cnn(C(c4ccccc4)(c4ccccc4)c4ccccc4)c3)c12. The normalized spacial score (nSPS) is 11.6. The molecule has 2 N–H and O–H groups in total. The standard InChI is InChI=1S/C33H26BrCl2N5O2/c34-26-18-27-28(31(42)40-32(36)39-27)30(29(26)35)43-17-16-37-19-22-20-38-41(21-22)33(23-10-4-1-5-11-23,24-12-6-2-7-13-24)25-14-8-3-9-15-25/h1-15,18,20-21,37H,16-17,19H2,(H,39,40,42). The average molecular weight is 675 g/mol. The lowest BCUT2D eigenvalue weighted by Crippen LogP contribution is -2.38. The first-order valence-electron chi connectivity index (χ1n) is 13.6. The Morgan fingerprint density at radius 2 is 1.49 bits per heavy atom. The van der Waals surface area contributed by atoms with Crippen LogP contribution in [0.4, 0.5) is 0 Å². The molecule has 6 aromatic rings. The van der Waals surface area contributed by atoms with Gasteiger partial charge in [0.1, 0.15) is 17.5 Å². The molecule has 2 aromatic heterocycles. The zero-order valence-electron chi connectivity index (χ0n) is 22.8. The van der Waals surface area contributed by atoms with Crippen molar-refractivity contribution in [2.75, 3.05) is 13.2 Å². The minimum Gasteiger partial charge on any atom is -0.490 e. The fourth-order valence-corrected chi connectivity index (χ4v) is 6.13. The highest BCUT2D eigenvalue weighted by atomic mass is 79.9. The van der Waals surface area contributed by atoms with Crippen LogP contribution in [0.25, 0.3) is 10.9 Å². The molecule has 43 heavy (non-hydrogen) atoms. The topological polar surface area (TPSA) is 84.8 Å². The van der Waals surface area contributed by atoms with Crippen LogP contribution in [0.5, 0.6) is 5.75 Å². The third-order valence-corrected chi connectivity index (χ3v) is 8.63. The number of benzene rings is 4. The van der Waals surface area contributed by atoms with E-state index in [1.807, 2.05) is 29.1 Å². The quantitative estimate of drug-likeness (QED) is 0.0913. The van der Waals surface area contributed by atoms with Crippen molar-refractivity contribution in [3.8, 4) is 5.75 Å². The predicted molar refractivity (Wildman–Crippen MR) is 174 cm³/mol. The molecule has 0 saturated heterocycles. The lowest BCUT2D eigenvalue weighted by Gasteiger charge is -2.36. The van der Waals surface area contributed by atoms with Gasteiger partial charge in [-0.15, -0.1) is 0 Å². The Morgan fingerprint density at radius 1 is 0.907 bits per heavy atom. The van der Waals surface area contributed by atoms with E-state index in [0.29, 0.717) is 28.1 Å². The summed E-state index contributed by atoms with van der Waals surface area (Å²) in [7, 11) is 0. The lowest BCUT2D eigenvalue weighted by molar-refractivity contribution is 0.317. The molecular formula is C33H26BrCl2N5O2. The molecule has 7 nitrogen and oxygen atoms in total. The van der Waals surface area contributed by atoms with Crippen LogP contribution >= 0.6 is 39.1 Å². The Labute approximate surface area is 266 Å². The average Bonchev–Trinajstić information content (AvgIpc) is 3.50. The Hall–Kier alpha value is -3.95. The summed E-state index contributed by atoms with van der Waals surface area (Å²) in [6, 6.07) is 32.9. The number of rotatable bonds is 10. The van der Waals surface area contributed by atoms with Gasteiger partial charge in [0, 0.05) is 29.3 Å². The largest absolute Gasteiger partial charge is 0.490 e. The molecule has 6 rings (SSSR count). The van der Waals surface area contributed by atoms with Crippen molar-refractivity contribution < 1.29 is 4.74 Å². The molecule has 0 aliphatic heterocycles. The van der Waals surface area contributed by atoms with Gasteiger partial charge in [-0.1, -0.05) is 103 Å². The van der Waals surface area contributed by atoms with Gasteiger partial charge in [0.2, 0.25) is 5.28 Å². The number of aromatic nitrogens is 4. The zero-order valence-corrected chi connectivity index (χ0v) is 25.9. The van der Waals surface area contributed by atoms with E-state index < -0.39 is 11.1 Å². The molecule has 0 radical (unpaired) electrons. The summed E-state index contributed by atoms with van der Waals surface area (Å²) in [6.07, 6.45) is 3.96. The molecule has 0 spiro atoms. The van der Waals surface area contributed by atoms with E-state index in [-0.39, 0.29) is 23.0 Å². The highest BCUT2D eigenvalue weighted by Crippen LogP contribution is 2.40. The van der Waals surface area contributed by atoms with Crippen LogP contribution < -0.4 is 15.6 Å². The molecule has 0 atom stereocenters. The molecule has 0 bridgehead atoms. The summed E-state index contributed by atoms with van der Waals surface area (Å²) in [5.74, 6) is 0.254. The predicted octanol–water partition coefficient (Wildman–Crippen LogP) is 7.20. The van der Waals surface area contributed by atoms with Gasteiger partial charge < -0.3 is 10.1 Å². The van der Waals surface area contributed by atoms with Crippen LogP contribution in [-0.4, -0.2) is 32.9 Å². The molecule has 10 heteroatoms. The Morgan fingerprint density at radius 3 is 2.07 bits per heavy atom. The second-order valence-corrected chi connectivity index (χ2v) is 11.5. The van der Waals surface area contributed by atoms with E-state index in [0.717, 1.165) is 22.3 Å². The van der Waals surface area contributed by atoms with Crippen LogP contribution in [0.3, 0.4) is 0 Å². The molecular weight excluding hydrogens is 649 g/mol. The first-order valence-corrected chi connectivity index (χ1v) is 15.1. The smallest absolute Gasteiger partial charge is 0.263 e. The third kappa shape index (κ3) is 5.71. The van der Waals surface area contributed by atoms with Crippen LogP contribution in [0.15, 0.2) is 119 Å². The fourth-order valence-electron chi connectivity index (χ4n) is 5.35. The van der Waals surface area contributed by atoms with Gasteiger partial charge in [-0.3, -0.25) is 14.5 Å². The first-order chi connectivity index (χ1) is 21.0. The number of H-pyrrole nitrogens is 1. The summed E-state index contributed by atoms with van der Waals surface area (Å²) in [5.41, 5.74) is 3.62. The number of aromatic amines is 1. The molecule has 0 aliphatic rings. The number of nitrogens with one attached hydrogen (secondary N) is 2. The summed E-state index contributed by atoms with van der Waals surface area (Å²) in [6.45, 7) is 1.32. The van der Waals surface area contributed by atoms with Gasteiger partial charge in [0.25, 0.3) is 5.56 Å². The van der Waals surface area contributed by atoms with Crippen molar-refractivity contribution in [1.82, 2.24) is 25.1 Å². The number of halogens is 3. The Bertz CT molecular complexity index is 1820. The maximum Gasteiger partial charge on any atom is 0.263 e. The first kappa shape index (κ1) is 29.1. The van der Waals surface area contributed by atoms with Gasteiger partial charge in [-0.05, 0) is 50.3 Å². The number of ether oxygens (including phenoxy) is 1. The van der Waals surface area contributed by atoms with Gasteiger partial charge in [-0.25, -0.2) is 4.98 Å². The van der Waals surface area contributed by atoms with E-state index >= 15 is 0 Å². The van der Waals surface area contributed by atoms with Gasteiger partial charge in [-0.2, -0.15) is 5.10 Å². The molecule has 0 saturated carbocycles. The number of nitrogens with zero attached hydrogens (tertiary/aromatic N) is 3. The Balaban J connectivity index is 1.24. The molecule has 0 aliphatic carbocycles. The van der Waals surface area contributed by atoms with E-state index in [2.05, 4.69) is 110 Å². The van der Waals surface area contributed by atoms with Crippen molar-refractivity contribution in [3.05, 3.63) is 157 Å². The fraction of sp³-hybridized carbons (Fsp3) is 0.121. The summed E-state index contributed by atoms with van der Waals surface area (Å²) < 4.78 is 8.57. The van der Waals surface area contributed by atoms with E-state index in [4.69, 9.17) is 33.0 Å². The van der Waals surface area contributed by atoms with Crippen molar-refractivity contribution in [2.24, 2.45) is 0 Å². The highest BCUT2D eigenvalue weighted by Gasteiger charge is 2.39. The van der Waals surface area contributed by atoms with Crippen molar-refractivity contribution >= 4 is 50.0 Å². The van der Waals surface area contributed by atoms with Crippen LogP contribution in [0.2, 0.25) is 10.3 Å². The van der Waals surface area contributed by atoms with E-state index in [1.54, 1.807) is 6.07 Å². The van der Waals surface area contributed by atoms with Crippen molar-refractivity contribution in [3.63, 3.8) is 0 Å². The summed E-state index contributed by atoms with van der Waals surface area (Å²) in [4.78, 5) is 19.3. The molecule has 4 aromatic carbocycles. The van der Waals surface area contributed by atoms with Gasteiger partial charge >= 0.3 is 0 Å². The van der Waals surface area contributed by atoms with E-state index in [9.17, 15) is 4.79 Å². The summed E-state index contributed by atoms with van der Waals surface area (Å²) >= 11 is 15.8. The monoisotopic (exact) mass is 673 g/mol. The maximum absolute atomic E-state index is 12.6. The number of hydrogen-bond acceptors (Lipinski definition) is 5. The number of fused-ring (bicyclic) bond motifs is 1. The van der Waals surface area contributed by atoms with Crippen molar-refractivity contribution in [2.45, 2.75) is 12.1 Å². The van der Waals surface area contributed by atoms with Crippen LogP contribution in [0, 0.1) is 0 Å². The lowest BCUT2D eigenvalue weighted by atomic mass is 9.77. The van der Waals surface area contributed by atoms with Crippen molar-refractivity contribution in [1.29, 1.82) is 0 Å². The zero-order chi connectivity index (χ0) is 29.8. The number of hydrogen-bond donors (Lipinski definition) is 2. The maximum atomic E-state index is 12.6. The summed E-state index contributed by atoms with van der Waals surface area (Å²) in [5, 5.41) is 8.85. The molecule has 0 fully saturated rings. The second kappa shape index (κ2) is 12.7. The molecule has 216 valence electrons. The van der Waals surface area contributed by atoms with Gasteiger partial charge in [0.15, 0.2) is 5.75 Å². The van der Waals surface area contributed by atoms with E-state index in [1.165, 1.54) is 0 Å². The molecule has 0 unspecified atom stereocenters.